The first-order valence-corrected chi connectivity index (χ1v) is 6.28. The highest BCUT2D eigenvalue weighted by molar-refractivity contribution is 5.93. The summed E-state index contributed by atoms with van der Waals surface area (Å²) in [4.78, 5) is 12.0. The van der Waals surface area contributed by atoms with Crippen LogP contribution in [0.25, 0.3) is 0 Å². The molecule has 1 saturated carbocycles. The van der Waals surface area contributed by atoms with Gasteiger partial charge in [-0.1, -0.05) is 0 Å². The maximum atomic E-state index is 12.0. The Morgan fingerprint density at radius 1 is 1.41 bits per heavy atom. The summed E-state index contributed by atoms with van der Waals surface area (Å²) in [7, 11) is 0. The second-order valence-electron chi connectivity index (χ2n) is 4.60. The third-order valence-electron chi connectivity index (χ3n) is 3.46. The van der Waals surface area contributed by atoms with E-state index in [2.05, 4.69) is 17.2 Å². The molecule has 0 radical (unpaired) electrons. The van der Waals surface area contributed by atoms with Crippen LogP contribution in [-0.2, 0) is 11.3 Å². The molecule has 0 aromatic carbocycles. The summed E-state index contributed by atoms with van der Waals surface area (Å²) in [5, 5.41) is 0. The average molecular weight is 237 g/mol. The van der Waals surface area contributed by atoms with E-state index in [1.54, 1.807) is 0 Å². The summed E-state index contributed by atoms with van der Waals surface area (Å²) in [5.41, 5.74) is 7.95. The summed E-state index contributed by atoms with van der Waals surface area (Å²) < 4.78 is 7.42. The van der Waals surface area contributed by atoms with Gasteiger partial charge in [-0.05, 0) is 33.6 Å². The van der Waals surface area contributed by atoms with Crippen molar-refractivity contribution in [2.24, 2.45) is 0 Å². The van der Waals surface area contributed by atoms with Crippen molar-refractivity contribution in [3.05, 3.63) is 22.5 Å². The summed E-state index contributed by atoms with van der Waals surface area (Å²) in [6.45, 7) is 6.98. The Labute approximate surface area is 102 Å². The lowest BCUT2D eigenvalue weighted by molar-refractivity contribution is -0.386. The fourth-order valence-corrected chi connectivity index (χ4v) is 2.58. The van der Waals surface area contributed by atoms with E-state index >= 15 is 0 Å². The van der Waals surface area contributed by atoms with Gasteiger partial charge in [0.15, 0.2) is 0 Å². The van der Waals surface area contributed by atoms with E-state index in [-0.39, 0.29) is 5.97 Å². The minimum absolute atomic E-state index is 0.203. The topological polar surface area (TPSA) is 58.9 Å². The molecule has 4 heteroatoms. The molecule has 1 fully saturated rings. The molecule has 0 saturated heterocycles. The van der Waals surface area contributed by atoms with Crippen LogP contribution < -0.4 is 5.73 Å². The van der Waals surface area contributed by atoms with Crippen LogP contribution in [0.5, 0.6) is 0 Å². The molecule has 0 bridgehead atoms. The molecule has 2 rings (SSSR count). The fourth-order valence-electron chi connectivity index (χ4n) is 2.58. The van der Waals surface area contributed by atoms with Crippen molar-refractivity contribution in [3.63, 3.8) is 0 Å². The van der Waals surface area contributed by atoms with Gasteiger partial charge in [0.1, 0.15) is 6.54 Å². The van der Waals surface area contributed by atoms with Gasteiger partial charge in [0, 0.05) is 23.0 Å². The Balaban J connectivity index is 2.49. The highest BCUT2D eigenvalue weighted by Gasteiger charge is 2.32. The molecule has 0 atom stereocenters. The number of carbonyl (C=O) groups excluding carboxylic acids is 1. The smallest absolute Gasteiger partial charge is 0.340 e. The molecule has 3 N–H and O–H groups in total. The van der Waals surface area contributed by atoms with Crippen LogP contribution in [0, 0.1) is 13.8 Å². The average Bonchev–Trinajstić information content (AvgIpc) is 3.06. The normalized spacial score (nSPS) is 15.1. The highest BCUT2D eigenvalue weighted by Crippen LogP contribution is 2.39. The maximum absolute atomic E-state index is 12.0. The number of hydrogen-bond donors (Lipinski definition) is 1. The Bertz CT molecular complexity index is 445. The first kappa shape index (κ1) is 12.2. The second-order valence-corrected chi connectivity index (χ2v) is 4.60. The minimum Gasteiger partial charge on any atom is -0.462 e. The molecule has 0 unspecified atom stereocenters. The van der Waals surface area contributed by atoms with Crippen molar-refractivity contribution in [1.29, 1.82) is 0 Å². The summed E-state index contributed by atoms with van der Waals surface area (Å²) in [6, 6.07) is 0.587. The van der Waals surface area contributed by atoms with Gasteiger partial charge in [0.2, 0.25) is 0 Å². The maximum Gasteiger partial charge on any atom is 0.340 e. The van der Waals surface area contributed by atoms with Crippen LogP contribution in [0.4, 0.5) is 0 Å². The largest absolute Gasteiger partial charge is 0.462 e. The Morgan fingerprint density at radius 3 is 2.53 bits per heavy atom. The number of rotatable bonds is 4. The Hall–Kier alpha value is -1.29. The van der Waals surface area contributed by atoms with Crippen LogP contribution in [0.3, 0.4) is 0 Å². The van der Waals surface area contributed by atoms with Crippen LogP contribution in [0.15, 0.2) is 0 Å². The van der Waals surface area contributed by atoms with Gasteiger partial charge >= 0.3 is 5.97 Å². The zero-order valence-electron chi connectivity index (χ0n) is 10.9. The van der Waals surface area contributed by atoms with Gasteiger partial charge in [-0.15, -0.1) is 0 Å². The molecule has 1 heterocycles. The fraction of sp³-hybridized carbons (Fsp3) is 0.615. The molecule has 0 amide bonds. The molecule has 1 aromatic heterocycles. The molecule has 1 aliphatic rings. The third kappa shape index (κ3) is 1.97. The molecule has 1 aliphatic carbocycles. The lowest BCUT2D eigenvalue weighted by atomic mass is 10.1. The van der Waals surface area contributed by atoms with Gasteiger partial charge in [0.05, 0.1) is 12.2 Å². The van der Waals surface area contributed by atoms with Crippen molar-refractivity contribution in [1.82, 2.24) is 4.57 Å². The standard InChI is InChI=1S/C13H20N2O2/c1-4-17-13(16)12-9(3)15(10-5-6-10)8(2)11(12)7-14/h10H,4-7,14H2,1-3H3/p+1. The molecular weight excluding hydrogens is 216 g/mol. The number of carbonyl (C=O) groups is 1. The summed E-state index contributed by atoms with van der Waals surface area (Å²) in [6.07, 6.45) is 2.43. The van der Waals surface area contributed by atoms with E-state index in [1.807, 2.05) is 13.8 Å². The van der Waals surface area contributed by atoms with Gasteiger partial charge in [-0.2, -0.15) is 0 Å². The van der Waals surface area contributed by atoms with E-state index < -0.39 is 0 Å². The molecule has 17 heavy (non-hydrogen) atoms. The zero-order chi connectivity index (χ0) is 12.6. The molecule has 1 aromatic rings. The predicted molar refractivity (Wildman–Crippen MR) is 64.7 cm³/mol. The SMILES string of the molecule is CCOC(=O)c1c(C[NH3+])c(C)n(C2CC2)c1C. The molecule has 0 aliphatic heterocycles. The minimum atomic E-state index is -0.203. The van der Waals surface area contributed by atoms with Gasteiger partial charge in [0.25, 0.3) is 0 Å². The van der Waals surface area contributed by atoms with E-state index in [4.69, 9.17) is 4.74 Å². The zero-order valence-corrected chi connectivity index (χ0v) is 10.9. The first-order valence-electron chi connectivity index (χ1n) is 6.28. The molecule has 94 valence electrons. The van der Waals surface area contributed by atoms with Crippen LogP contribution in [0.1, 0.15) is 53.1 Å². The lowest BCUT2D eigenvalue weighted by Crippen LogP contribution is -2.48. The van der Waals surface area contributed by atoms with Crippen LogP contribution >= 0.6 is 0 Å². The number of aromatic nitrogens is 1. The van der Waals surface area contributed by atoms with Crippen molar-refractivity contribution in [2.45, 2.75) is 46.2 Å². The van der Waals surface area contributed by atoms with Crippen molar-refractivity contribution in [2.75, 3.05) is 6.61 Å². The number of ether oxygens (including phenoxy) is 1. The van der Waals surface area contributed by atoms with Crippen molar-refractivity contribution >= 4 is 5.97 Å². The van der Waals surface area contributed by atoms with E-state index in [1.165, 1.54) is 18.5 Å². The molecular formula is C13H21N2O2+. The monoisotopic (exact) mass is 237 g/mol. The number of quaternary nitrogens is 1. The van der Waals surface area contributed by atoms with Crippen LogP contribution in [0.2, 0.25) is 0 Å². The van der Waals surface area contributed by atoms with Gasteiger partial charge < -0.3 is 15.0 Å². The number of nitrogens with zero attached hydrogens (tertiary/aromatic N) is 1. The Morgan fingerprint density at radius 2 is 2.06 bits per heavy atom. The molecule has 4 nitrogen and oxygen atoms in total. The van der Waals surface area contributed by atoms with E-state index in [0.717, 1.165) is 16.8 Å². The first-order chi connectivity index (χ1) is 8.11. The van der Waals surface area contributed by atoms with Crippen molar-refractivity contribution < 1.29 is 15.3 Å². The lowest BCUT2D eigenvalue weighted by Gasteiger charge is -2.07. The number of hydrogen-bond acceptors (Lipinski definition) is 2. The van der Waals surface area contributed by atoms with E-state index in [9.17, 15) is 4.79 Å². The van der Waals surface area contributed by atoms with Crippen LogP contribution in [-0.4, -0.2) is 17.1 Å². The predicted octanol–water partition coefficient (Wildman–Crippen LogP) is 1.36. The quantitative estimate of drug-likeness (QED) is 0.804. The number of esters is 1. The van der Waals surface area contributed by atoms with E-state index in [0.29, 0.717) is 19.2 Å². The Kier molecular flexibility index (Phi) is 3.24. The van der Waals surface area contributed by atoms with Gasteiger partial charge in [-0.25, -0.2) is 4.79 Å². The van der Waals surface area contributed by atoms with Crippen molar-refractivity contribution in [3.8, 4) is 0 Å². The van der Waals surface area contributed by atoms with Gasteiger partial charge in [-0.3, -0.25) is 0 Å². The molecule has 0 spiro atoms. The summed E-state index contributed by atoms with van der Waals surface area (Å²) >= 11 is 0. The second kappa shape index (κ2) is 4.53. The third-order valence-corrected chi connectivity index (χ3v) is 3.46. The summed E-state index contributed by atoms with van der Waals surface area (Å²) in [5.74, 6) is -0.203. The highest BCUT2D eigenvalue weighted by atomic mass is 16.5.